The lowest BCUT2D eigenvalue weighted by Gasteiger charge is -2.25. The molecule has 0 saturated heterocycles. The van der Waals surface area contributed by atoms with Crippen LogP contribution in [-0.2, 0) is 22.0 Å². The summed E-state index contributed by atoms with van der Waals surface area (Å²) in [6, 6.07) is 11.5. The molecular formula is C29H27F3N4O3. The third kappa shape index (κ3) is 3.80. The number of benzene rings is 2. The first kappa shape index (κ1) is 25.4. The number of carbonyl (C=O) groups is 1. The van der Waals surface area contributed by atoms with Gasteiger partial charge in [-0.05, 0) is 62.3 Å². The van der Waals surface area contributed by atoms with E-state index in [4.69, 9.17) is 10.7 Å². The predicted octanol–water partition coefficient (Wildman–Crippen LogP) is 5.54. The van der Waals surface area contributed by atoms with Gasteiger partial charge in [-0.15, -0.1) is 0 Å². The Morgan fingerprint density at radius 3 is 2.31 bits per heavy atom. The molecule has 202 valence electrons. The number of aromatic nitrogens is 3. The van der Waals surface area contributed by atoms with Crippen LogP contribution in [0.1, 0.15) is 61.5 Å². The van der Waals surface area contributed by atoms with Crippen LogP contribution in [0.2, 0.25) is 0 Å². The van der Waals surface area contributed by atoms with E-state index in [0.717, 1.165) is 30.8 Å². The second-order valence-corrected chi connectivity index (χ2v) is 11.1. The van der Waals surface area contributed by atoms with E-state index in [9.17, 15) is 28.2 Å². The van der Waals surface area contributed by atoms with Crippen molar-refractivity contribution in [1.29, 1.82) is 0 Å². The van der Waals surface area contributed by atoms with Crippen molar-refractivity contribution in [3.8, 4) is 11.3 Å². The fourth-order valence-electron chi connectivity index (χ4n) is 6.56. The molecule has 4 aromatic rings. The van der Waals surface area contributed by atoms with Gasteiger partial charge in [-0.1, -0.05) is 36.4 Å². The molecule has 10 heteroatoms. The third-order valence-corrected chi connectivity index (χ3v) is 8.82. The van der Waals surface area contributed by atoms with Gasteiger partial charge in [-0.3, -0.25) is 9.20 Å². The van der Waals surface area contributed by atoms with Gasteiger partial charge in [0, 0.05) is 23.4 Å². The number of fused-ring (bicyclic) bond motifs is 3. The molecular weight excluding hydrogens is 509 g/mol. The average molecular weight is 537 g/mol. The Morgan fingerprint density at radius 2 is 1.69 bits per heavy atom. The van der Waals surface area contributed by atoms with Gasteiger partial charge in [0.05, 0.1) is 11.0 Å². The number of hydrogen-bond donors (Lipinski definition) is 3. The molecule has 0 amide bonds. The summed E-state index contributed by atoms with van der Waals surface area (Å²) >= 11 is 0. The van der Waals surface area contributed by atoms with Crippen LogP contribution in [0.15, 0.2) is 60.9 Å². The molecule has 2 aliphatic carbocycles. The van der Waals surface area contributed by atoms with E-state index in [-0.39, 0.29) is 16.8 Å². The molecule has 2 bridgehead atoms. The molecule has 39 heavy (non-hydrogen) atoms. The van der Waals surface area contributed by atoms with Crippen LogP contribution in [0.25, 0.3) is 16.8 Å². The van der Waals surface area contributed by atoms with Gasteiger partial charge in [0.15, 0.2) is 0 Å². The number of aliphatic hydroxyl groups is 1. The Hall–Kier alpha value is -3.92. The van der Waals surface area contributed by atoms with Gasteiger partial charge in [-0.25, -0.2) is 9.97 Å². The maximum Gasteiger partial charge on any atom is 0.416 e. The van der Waals surface area contributed by atoms with Crippen LogP contribution >= 0.6 is 0 Å². The number of halogens is 3. The quantitative estimate of drug-likeness (QED) is 0.309. The molecule has 0 radical (unpaired) electrons. The van der Waals surface area contributed by atoms with E-state index < -0.39 is 28.7 Å². The maximum absolute atomic E-state index is 13.3. The number of carboxylic acids is 1. The Labute approximate surface area is 222 Å². The van der Waals surface area contributed by atoms with Crippen LogP contribution in [0.3, 0.4) is 0 Å². The van der Waals surface area contributed by atoms with Crippen LogP contribution in [-0.4, -0.2) is 30.6 Å². The van der Waals surface area contributed by atoms with Crippen molar-refractivity contribution in [2.75, 3.05) is 5.73 Å². The number of alkyl halides is 3. The summed E-state index contributed by atoms with van der Waals surface area (Å²) < 4.78 is 41.7. The first-order valence-electron chi connectivity index (χ1n) is 12.7. The number of nitrogens with two attached hydrogens (primary N) is 1. The number of hydrogen-bond acceptors (Lipinski definition) is 5. The van der Waals surface area contributed by atoms with Crippen LogP contribution in [0.4, 0.5) is 19.0 Å². The zero-order chi connectivity index (χ0) is 27.8. The fraction of sp³-hybridized carbons (Fsp3) is 0.345. The average Bonchev–Trinajstić information content (AvgIpc) is 3.61. The highest BCUT2D eigenvalue weighted by molar-refractivity contribution is 5.86. The standard InChI is InChI=1S/C29H27F3N4O3/c1-26(39,19-3-2-4-20(15-19)29(30,31)32)18-7-5-17(6-8-18)21-22-23(33)34-13-14-36(22)24(35-21)27-9-11-28(16-27,12-10-27)25(37)38/h2-8,13-15,39H,9-12,16H2,1H3,(H2,33,34)(H,37,38). The van der Waals surface area contributed by atoms with Crippen molar-refractivity contribution in [3.05, 3.63) is 83.4 Å². The molecule has 0 spiro atoms. The minimum atomic E-state index is -4.52. The second kappa shape index (κ2) is 8.29. The Kier molecular flexibility index (Phi) is 5.39. The van der Waals surface area contributed by atoms with Crippen molar-refractivity contribution in [2.45, 2.75) is 56.2 Å². The van der Waals surface area contributed by atoms with E-state index in [1.54, 1.807) is 36.7 Å². The van der Waals surface area contributed by atoms with Crippen molar-refractivity contribution in [2.24, 2.45) is 5.41 Å². The first-order chi connectivity index (χ1) is 18.4. The molecule has 4 N–H and O–H groups in total. The Balaban J connectivity index is 1.40. The number of aliphatic carboxylic acids is 1. The predicted molar refractivity (Wildman–Crippen MR) is 138 cm³/mol. The molecule has 2 aromatic heterocycles. The maximum atomic E-state index is 13.3. The van der Waals surface area contributed by atoms with Crippen molar-refractivity contribution < 1.29 is 28.2 Å². The summed E-state index contributed by atoms with van der Waals surface area (Å²) in [4.78, 5) is 21.3. The number of nitrogens with zero attached hydrogens (tertiary/aromatic N) is 3. The molecule has 0 aliphatic heterocycles. The monoisotopic (exact) mass is 536 g/mol. The van der Waals surface area contributed by atoms with Gasteiger partial charge in [-0.2, -0.15) is 13.2 Å². The Morgan fingerprint density at radius 1 is 1.03 bits per heavy atom. The lowest BCUT2D eigenvalue weighted by atomic mass is 9.81. The van der Waals surface area contributed by atoms with Crippen molar-refractivity contribution in [3.63, 3.8) is 0 Å². The normalized spacial score (nSPS) is 24.2. The van der Waals surface area contributed by atoms with E-state index >= 15 is 0 Å². The van der Waals surface area contributed by atoms with E-state index in [2.05, 4.69) is 4.98 Å². The van der Waals surface area contributed by atoms with Gasteiger partial charge >= 0.3 is 12.1 Å². The highest BCUT2D eigenvalue weighted by Gasteiger charge is 2.60. The van der Waals surface area contributed by atoms with Crippen LogP contribution in [0.5, 0.6) is 0 Å². The molecule has 2 aliphatic rings. The van der Waals surface area contributed by atoms with Gasteiger partial charge in [0.1, 0.15) is 28.5 Å². The fourth-order valence-corrected chi connectivity index (χ4v) is 6.56. The third-order valence-electron chi connectivity index (χ3n) is 8.82. The number of carboxylic acid groups (broad SMARTS) is 1. The highest BCUT2D eigenvalue weighted by Crippen LogP contribution is 2.62. The molecule has 1 unspecified atom stereocenters. The lowest BCUT2D eigenvalue weighted by Crippen LogP contribution is -2.25. The first-order valence-corrected chi connectivity index (χ1v) is 12.7. The van der Waals surface area contributed by atoms with Crippen LogP contribution in [0, 0.1) is 5.41 Å². The summed E-state index contributed by atoms with van der Waals surface area (Å²) in [7, 11) is 0. The zero-order valence-corrected chi connectivity index (χ0v) is 21.2. The number of rotatable bonds is 5. The summed E-state index contributed by atoms with van der Waals surface area (Å²) in [5.74, 6) is 0.290. The molecule has 2 fully saturated rings. The summed E-state index contributed by atoms with van der Waals surface area (Å²) in [6.45, 7) is 1.46. The highest BCUT2D eigenvalue weighted by atomic mass is 19.4. The molecule has 2 aromatic carbocycles. The number of anilines is 1. The molecule has 6 rings (SSSR count). The van der Waals surface area contributed by atoms with Gasteiger partial charge in [0.2, 0.25) is 0 Å². The summed E-state index contributed by atoms with van der Waals surface area (Å²) in [6.07, 6.45) is 2.04. The minimum absolute atomic E-state index is 0.122. The molecule has 1 atom stereocenters. The van der Waals surface area contributed by atoms with E-state index in [1.807, 2.05) is 4.40 Å². The topological polar surface area (TPSA) is 114 Å². The second-order valence-electron chi connectivity index (χ2n) is 11.1. The molecule has 2 heterocycles. The SMILES string of the molecule is CC(O)(c1ccc(-c2nc(C34CCC(C(=O)O)(CC3)C4)n3ccnc(N)c23)cc1)c1cccc(C(F)(F)F)c1. The summed E-state index contributed by atoms with van der Waals surface area (Å²) in [5, 5.41) is 21.1. The minimum Gasteiger partial charge on any atom is -0.481 e. The smallest absolute Gasteiger partial charge is 0.416 e. The molecule has 2 saturated carbocycles. The zero-order valence-electron chi connectivity index (χ0n) is 21.2. The lowest BCUT2D eigenvalue weighted by molar-refractivity contribution is -0.148. The number of nitrogen functional groups attached to an aromatic ring is 1. The molecule has 7 nitrogen and oxygen atoms in total. The van der Waals surface area contributed by atoms with Crippen molar-refractivity contribution >= 4 is 17.3 Å². The number of imidazole rings is 1. The van der Waals surface area contributed by atoms with Gasteiger partial charge < -0.3 is 15.9 Å². The largest absolute Gasteiger partial charge is 0.481 e. The van der Waals surface area contributed by atoms with E-state index in [1.165, 1.54) is 19.1 Å². The van der Waals surface area contributed by atoms with E-state index in [0.29, 0.717) is 41.6 Å². The van der Waals surface area contributed by atoms with Crippen LogP contribution < -0.4 is 5.73 Å². The Bertz CT molecular complexity index is 1600. The van der Waals surface area contributed by atoms with Crippen molar-refractivity contribution in [1.82, 2.24) is 14.4 Å². The summed E-state index contributed by atoms with van der Waals surface area (Å²) in [5.41, 5.74) is 5.12. The van der Waals surface area contributed by atoms with Gasteiger partial charge in [0.25, 0.3) is 0 Å².